The summed E-state index contributed by atoms with van der Waals surface area (Å²) in [7, 11) is 0. The van der Waals surface area contributed by atoms with E-state index in [4.69, 9.17) is 9.47 Å². The van der Waals surface area contributed by atoms with Crippen LogP contribution in [0.5, 0.6) is 0 Å². The molecule has 28 heavy (non-hydrogen) atoms. The maximum Gasteiger partial charge on any atom is 0.177 e. The molecule has 0 fully saturated rings. The fourth-order valence-corrected chi connectivity index (χ4v) is 4.22. The third-order valence-corrected chi connectivity index (χ3v) is 5.31. The van der Waals surface area contributed by atoms with Gasteiger partial charge in [-0.2, -0.15) is 0 Å². The maximum atomic E-state index is 6.93. The van der Waals surface area contributed by atoms with Crippen LogP contribution in [0.2, 0.25) is 0 Å². The summed E-state index contributed by atoms with van der Waals surface area (Å²) in [4.78, 5) is 0. The Morgan fingerprint density at radius 2 is 0.964 bits per heavy atom. The molecule has 0 aliphatic rings. The predicted molar refractivity (Wildman–Crippen MR) is 125 cm³/mol. The Labute approximate surface area is 178 Å². The lowest BCUT2D eigenvalue weighted by atomic mass is 9.64. The lowest BCUT2D eigenvalue weighted by Crippen LogP contribution is -2.62. The molecule has 0 bridgehead atoms. The molecule has 0 spiro atoms. The van der Waals surface area contributed by atoms with Crippen LogP contribution in [0, 0.1) is 16.7 Å². The Hall–Kier alpha value is -0.0800. The Balaban J connectivity index is 5.94. The number of hydrogen-bond acceptors (Lipinski definition) is 2. The van der Waals surface area contributed by atoms with Gasteiger partial charge in [0.25, 0.3) is 0 Å². The van der Waals surface area contributed by atoms with Crippen LogP contribution >= 0.6 is 0 Å². The lowest BCUT2D eigenvalue weighted by molar-refractivity contribution is -0.385. The van der Waals surface area contributed by atoms with Gasteiger partial charge in [-0.25, -0.2) is 0 Å². The van der Waals surface area contributed by atoms with E-state index < -0.39 is 5.79 Å². The van der Waals surface area contributed by atoms with Crippen LogP contribution in [0.1, 0.15) is 135 Å². The zero-order valence-corrected chi connectivity index (χ0v) is 21.8. The summed E-state index contributed by atoms with van der Waals surface area (Å²) in [5, 5.41) is 0. The van der Waals surface area contributed by atoms with Crippen molar-refractivity contribution in [2.75, 3.05) is 0 Å². The summed E-state index contributed by atoms with van der Waals surface area (Å²) in [6.45, 7) is 29.1. The van der Waals surface area contributed by atoms with Crippen molar-refractivity contribution in [1.82, 2.24) is 0 Å². The number of hydrogen-bond donors (Lipinski definition) is 0. The Bertz CT molecular complexity index is 407. The number of ether oxygens (including phenoxy) is 2. The predicted octanol–water partition coefficient (Wildman–Crippen LogP) is 8.77. The zero-order valence-electron chi connectivity index (χ0n) is 21.8. The van der Waals surface area contributed by atoms with Gasteiger partial charge in [-0.15, -0.1) is 0 Å². The monoisotopic (exact) mass is 398 g/mol. The third kappa shape index (κ3) is 9.61. The van der Waals surface area contributed by atoms with Gasteiger partial charge in [0, 0.05) is 11.3 Å². The molecule has 0 heterocycles. The minimum Gasteiger partial charge on any atom is -0.343 e. The molecule has 1 atom stereocenters. The number of rotatable bonds is 10. The molecule has 0 aliphatic carbocycles. The summed E-state index contributed by atoms with van der Waals surface area (Å²) in [5.74, 6) is -0.338. The van der Waals surface area contributed by atoms with Crippen molar-refractivity contribution in [3.05, 3.63) is 0 Å². The van der Waals surface area contributed by atoms with E-state index in [-0.39, 0.29) is 22.0 Å². The smallest absolute Gasteiger partial charge is 0.177 e. The SMILES string of the molecule is CCCCCCCCC(C(C)(C)C)C(OC(C)(C)C)(OC(C)(C)C)C(C)(C)C. The molecule has 0 aromatic heterocycles. The van der Waals surface area contributed by atoms with E-state index in [1.54, 1.807) is 0 Å². The molecule has 2 nitrogen and oxygen atoms in total. The van der Waals surface area contributed by atoms with E-state index >= 15 is 0 Å². The van der Waals surface area contributed by atoms with Gasteiger partial charge in [0.1, 0.15) is 0 Å². The average molecular weight is 399 g/mol. The largest absolute Gasteiger partial charge is 0.343 e. The fraction of sp³-hybridized carbons (Fsp3) is 1.00. The lowest BCUT2D eigenvalue weighted by Gasteiger charge is -2.57. The van der Waals surface area contributed by atoms with E-state index in [1.807, 2.05) is 0 Å². The topological polar surface area (TPSA) is 18.5 Å². The van der Waals surface area contributed by atoms with Gasteiger partial charge in [0.15, 0.2) is 5.79 Å². The van der Waals surface area contributed by atoms with E-state index in [0.29, 0.717) is 5.92 Å². The van der Waals surface area contributed by atoms with E-state index in [0.717, 1.165) is 6.42 Å². The van der Waals surface area contributed by atoms with Gasteiger partial charge in [0.05, 0.1) is 11.2 Å². The summed E-state index contributed by atoms with van der Waals surface area (Å²) in [6, 6.07) is 0. The molecule has 2 heteroatoms. The molecule has 1 unspecified atom stereocenters. The van der Waals surface area contributed by atoms with Gasteiger partial charge in [-0.3, -0.25) is 0 Å². The van der Waals surface area contributed by atoms with Crippen molar-refractivity contribution in [2.45, 2.75) is 152 Å². The highest BCUT2D eigenvalue weighted by atomic mass is 16.7. The van der Waals surface area contributed by atoms with Crippen LogP contribution in [0.25, 0.3) is 0 Å². The van der Waals surface area contributed by atoms with Crippen molar-refractivity contribution < 1.29 is 9.47 Å². The third-order valence-electron chi connectivity index (χ3n) is 5.31. The molecule has 0 amide bonds. The molecule has 0 saturated heterocycles. The average Bonchev–Trinajstić information content (AvgIpc) is 2.39. The van der Waals surface area contributed by atoms with Crippen LogP contribution in [0.15, 0.2) is 0 Å². The minimum atomic E-state index is -0.648. The molecule has 0 radical (unpaired) electrons. The standard InChI is InChI=1S/C26H54O2/c1-14-15-16-17-18-19-20-21(22(2,3)4)26(23(5,6)7,27-24(8,9)10)28-25(11,12)13/h21H,14-20H2,1-13H3. The molecular formula is C26H54O2. The first-order valence-corrected chi connectivity index (χ1v) is 11.8. The van der Waals surface area contributed by atoms with Gasteiger partial charge in [0.2, 0.25) is 0 Å². The summed E-state index contributed by atoms with van der Waals surface area (Å²) in [6.07, 6.45) is 9.04. The molecule has 0 N–H and O–H groups in total. The zero-order chi connectivity index (χ0) is 22.4. The quantitative estimate of drug-likeness (QED) is 0.270. The van der Waals surface area contributed by atoms with E-state index in [1.165, 1.54) is 38.5 Å². The first-order chi connectivity index (χ1) is 12.4. The number of unbranched alkanes of at least 4 members (excludes halogenated alkanes) is 5. The molecule has 0 rings (SSSR count). The second-order valence-corrected chi connectivity index (χ2v) is 12.8. The summed E-state index contributed by atoms with van der Waals surface area (Å²) < 4.78 is 13.9. The van der Waals surface area contributed by atoms with Gasteiger partial charge < -0.3 is 9.47 Å². The van der Waals surface area contributed by atoms with Crippen LogP contribution < -0.4 is 0 Å². The second kappa shape index (κ2) is 10.3. The second-order valence-electron chi connectivity index (χ2n) is 12.8. The normalized spacial score (nSPS) is 15.8. The first-order valence-electron chi connectivity index (χ1n) is 11.8. The van der Waals surface area contributed by atoms with Crippen LogP contribution in [0.4, 0.5) is 0 Å². The van der Waals surface area contributed by atoms with Crippen LogP contribution in [-0.4, -0.2) is 17.0 Å². The fourth-order valence-electron chi connectivity index (χ4n) is 4.22. The van der Waals surface area contributed by atoms with Crippen molar-refractivity contribution in [1.29, 1.82) is 0 Å². The van der Waals surface area contributed by atoms with Crippen molar-refractivity contribution in [3.8, 4) is 0 Å². The summed E-state index contributed by atoms with van der Waals surface area (Å²) in [5.41, 5.74) is -0.604. The van der Waals surface area contributed by atoms with Gasteiger partial charge in [-0.1, -0.05) is 87.0 Å². The van der Waals surface area contributed by atoms with Crippen molar-refractivity contribution >= 4 is 0 Å². The van der Waals surface area contributed by atoms with Gasteiger partial charge in [-0.05, 0) is 53.4 Å². The Morgan fingerprint density at radius 3 is 1.29 bits per heavy atom. The van der Waals surface area contributed by atoms with E-state index in [9.17, 15) is 0 Å². The van der Waals surface area contributed by atoms with Gasteiger partial charge >= 0.3 is 0 Å². The first kappa shape index (κ1) is 27.9. The minimum absolute atomic E-state index is 0.0905. The molecule has 0 aliphatic heterocycles. The molecule has 0 aromatic rings. The molecule has 170 valence electrons. The Morgan fingerprint density at radius 1 is 0.571 bits per heavy atom. The molecular weight excluding hydrogens is 344 g/mol. The van der Waals surface area contributed by atoms with E-state index in [2.05, 4.69) is 90.0 Å². The molecule has 0 saturated carbocycles. The summed E-state index contributed by atoms with van der Waals surface area (Å²) >= 11 is 0. The highest BCUT2D eigenvalue weighted by Gasteiger charge is 2.57. The van der Waals surface area contributed by atoms with Crippen molar-refractivity contribution in [3.63, 3.8) is 0 Å². The van der Waals surface area contributed by atoms with Crippen molar-refractivity contribution in [2.24, 2.45) is 16.7 Å². The Kier molecular flexibility index (Phi) is 10.3. The molecule has 0 aromatic carbocycles. The maximum absolute atomic E-state index is 6.93. The van der Waals surface area contributed by atoms with Crippen LogP contribution in [-0.2, 0) is 9.47 Å². The highest BCUT2D eigenvalue weighted by Crippen LogP contribution is 2.53. The van der Waals surface area contributed by atoms with Crippen LogP contribution in [0.3, 0.4) is 0 Å². The highest BCUT2D eigenvalue weighted by molar-refractivity contribution is 4.98.